The van der Waals surface area contributed by atoms with E-state index in [0.717, 1.165) is 30.1 Å². The van der Waals surface area contributed by atoms with E-state index in [1.54, 1.807) is 0 Å². The maximum atomic E-state index is 4.82. The van der Waals surface area contributed by atoms with Gasteiger partial charge < -0.3 is 4.57 Å². The first-order valence-electron chi connectivity index (χ1n) is 8.60. The normalized spacial score (nSPS) is 20.3. The molecule has 1 aliphatic carbocycles. The number of hydrogen-bond donors (Lipinski definition) is 0. The highest BCUT2D eigenvalue weighted by Gasteiger charge is 2.34. The lowest BCUT2D eigenvalue weighted by Crippen LogP contribution is -2.26. The second-order valence-corrected chi connectivity index (χ2v) is 7.03. The number of nitrogens with zero attached hydrogens (tertiary/aromatic N) is 5. The van der Waals surface area contributed by atoms with E-state index in [2.05, 4.69) is 52.8 Å². The molecule has 0 atom stereocenters. The molecule has 2 aromatic heterocycles. The molecule has 124 valence electrons. The third-order valence-electron chi connectivity index (χ3n) is 5.06. The highest BCUT2D eigenvalue weighted by molar-refractivity contribution is 5.55. The van der Waals surface area contributed by atoms with Crippen LogP contribution in [0.5, 0.6) is 0 Å². The molecule has 3 aromatic rings. The van der Waals surface area contributed by atoms with Crippen molar-refractivity contribution >= 4 is 0 Å². The molecule has 0 spiro atoms. The Bertz CT molecular complexity index is 808. The molecule has 0 N–H and O–H groups in total. The lowest BCUT2D eigenvalue weighted by Gasteiger charge is -2.35. The first-order valence-corrected chi connectivity index (χ1v) is 8.60. The van der Waals surface area contributed by atoms with Crippen LogP contribution in [-0.2, 0) is 7.05 Å². The van der Waals surface area contributed by atoms with E-state index in [-0.39, 0.29) is 0 Å². The largest absolute Gasteiger partial charge is 0.334 e. The smallest absolute Gasteiger partial charge is 0.181 e. The first-order chi connectivity index (χ1) is 11.6. The minimum Gasteiger partial charge on any atom is -0.334 e. The highest BCUT2D eigenvalue weighted by Crippen LogP contribution is 2.44. The Morgan fingerprint density at radius 1 is 1.12 bits per heavy atom. The lowest BCUT2D eigenvalue weighted by molar-refractivity contribution is 0.251. The van der Waals surface area contributed by atoms with Crippen molar-refractivity contribution in [2.75, 3.05) is 0 Å². The van der Waals surface area contributed by atoms with E-state index < -0.39 is 0 Å². The van der Waals surface area contributed by atoms with Crippen LogP contribution in [0.25, 0.3) is 11.4 Å². The van der Waals surface area contributed by atoms with Crippen LogP contribution >= 0.6 is 0 Å². The molecule has 5 nitrogen and oxygen atoms in total. The Balaban J connectivity index is 1.51. The van der Waals surface area contributed by atoms with E-state index in [9.17, 15) is 0 Å². The minimum absolute atomic E-state index is 0.485. The first kappa shape index (κ1) is 15.1. The molecule has 0 radical (unpaired) electrons. The summed E-state index contributed by atoms with van der Waals surface area (Å²) < 4.78 is 4.14. The maximum absolute atomic E-state index is 4.82. The van der Waals surface area contributed by atoms with Crippen molar-refractivity contribution in [1.82, 2.24) is 24.3 Å². The molecule has 24 heavy (non-hydrogen) atoms. The van der Waals surface area contributed by atoms with Crippen LogP contribution in [0.3, 0.4) is 0 Å². The average molecular weight is 321 g/mol. The maximum Gasteiger partial charge on any atom is 0.181 e. The average Bonchev–Trinajstić information content (AvgIpc) is 3.17. The van der Waals surface area contributed by atoms with E-state index in [4.69, 9.17) is 4.98 Å². The van der Waals surface area contributed by atoms with Crippen molar-refractivity contribution in [3.8, 4) is 11.4 Å². The molecule has 1 fully saturated rings. The molecular formula is C19H23N5. The zero-order chi connectivity index (χ0) is 16.7. The summed E-state index contributed by atoms with van der Waals surface area (Å²) >= 11 is 0. The van der Waals surface area contributed by atoms with Crippen LogP contribution < -0.4 is 0 Å². The number of benzene rings is 1. The molecular weight excluding hydrogens is 298 g/mol. The van der Waals surface area contributed by atoms with E-state index in [0.29, 0.717) is 17.9 Å². The summed E-state index contributed by atoms with van der Waals surface area (Å²) in [5, 5.41) is 4.63. The molecule has 2 heterocycles. The van der Waals surface area contributed by atoms with Gasteiger partial charge >= 0.3 is 0 Å². The third kappa shape index (κ3) is 2.64. The summed E-state index contributed by atoms with van der Waals surface area (Å²) in [6, 6.07) is 9.15. The van der Waals surface area contributed by atoms with Gasteiger partial charge in [0.1, 0.15) is 5.82 Å². The Hall–Kier alpha value is -2.43. The fourth-order valence-electron chi connectivity index (χ4n) is 3.42. The van der Waals surface area contributed by atoms with Gasteiger partial charge in [0.15, 0.2) is 5.82 Å². The topological polar surface area (TPSA) is 48.5 Å². The molecule has 4 rings (SSSR count). The summed E-state index contributed by atoms with van der Waals surface area (Å²) in [5.41, 5.74) is 2.43. The van der Waals surface area contributed by atoms with Gasteiger partial charge in [-0.25, -0.2) is 9.97 Å². The Morgan fingerprint density at radius 2 is 1.88 bits per heavy atom. The van der Waals surface area contributed by atoms with E-state index in [1.165, 1.54) is 5.56 Å². The van der Waals surface area contributed by atoms with Crippen molar-refractivity contribution < 1.29 is 0 Å². The standard InChI is InChI=1S/C19H23N5/c1-13(2)14-4-6-15(7-5-14)18-21-19(23(3)22-18)16-10-17(11-16)24-9-8-20-12-24/h4-9,12-13,16-17H,10-11H2,1-3H3. The van der Waals surface area contributed by atoms with Crippen LogP contribution in [0, 0.1) is 0 Å². The molecule has 0 amide bonds. The van der Waals surface area contributed by atoms with Gasteiger partial charge in [0.05, 0.1) is 6.33 Å². The summed E-state index contributed by atoms with van der Waals surface area (Å²) in [6.07, 6.45) is 8.00. The number of hydrogen-bond acceptors (Lipinski definition) is 3. The Kier molecular flexibility index (Phi) is 3.71. The second kappa shape index (κ2) is 5.89. The Labute approximate surface area is 142 Å². The SMILES string of the molecule is CC(C)c1ccc(-c2nc(C3CC(n4ccnc4)C3)n(C)n2)cc1. The predicted molar refractivity (Wildman–Crippen MR) is 93.8 cm³/mol. The van der Waals surface area contributed by atoms with Crippen LogP contribution in [0.15, 0.2) is 43.0 Å². The van der Waals surface area contributed by atoms with Crippen LogP contribution in [0.4, 0.5) is 0 Å². The number of rotatable bonds is 4. The number of aromatic nitrogens is 5. The predicted octanol–water partition coefficient (Wildman–Crippen LogP) is 3.92. The second-order valence-electron chi connectivity index (χ2n) is 7.03. The molecule has 0 saturated heterocycles. The summed E-state index contributed by atoms with van der Waals surface area (Å²) in [6.45, 7) is 4.42. The van der Waals surface area contributed by atoms with Crippen molar-refractivity contribution in [3.05, 3.63) is 54.4 Å². The van der Waals surface area contributed by atoms with Gasteiger partial charge in [-0.2, -0.15) is 5.10 Å². The highest BCUT2D eigenvalue weighted by atomic mass is 15.3. The van der Waals surface area contributed by atoms with Crippen molar-refractivity contribution in [1.29, 1.82) is 0 Å². The van der Waals surface area contributed by atoms with Gasteiger partial charge in [0.2, 0.25) is 0 Å². The van der Waals surface area contributed by atoms with Gasteiger partial charge in [-0.05, 0) is 24.3 Å². The van der Waals surface area contributed by atoms with Gasteiger partial charge in [0.25, 0.3) is 0 Å². The summed E-state index contributed by atoms with van der Waals surface area (Å²) in [4.78, 5) is 8.95. The van der Waals surface area contributed by atoms with Crippen molar-refractivity contribution in [3.63, 3.8) is 0 Å². The molecule has 5 heteroatoms. The molecule has 1 aromatic carbocycles. The lowest BCUT2D eigenvalue weighted by atomic mass is 9.79. The van der Waals surface area contributed by atoms with Crippen LogP contribution in [-0.4, -0.2) is 24.3 Å². The monoisotopic (exact) mass is 321 g/mol. The number of aryl methyl sites for hydroxylation is 1. The zero-order valence-corrected chi connectivity index (χ0v) is 14.4. The summed E-state index contributed by atoms with van der Waals surface area (Å²) in [7, 11) is 2.00. The molecule has 0 bridgehead atoms. The van der Waals surface area contributed by atoms with Crippen LogP contribution in [0.2, 0.25) is 0 Å². The fourth-order valence-corrected chi connectivity index (χ4v) is 3.42. The molecule has 1 saturated carbocycles. The minimum atomic E-state index is 0.485. The van der Waals surface area contributed by atoms with Gasteiger partial charge in [-0.15, -0.1) is 0 Å². The van der Waals surface area contributed by atoms with Gasteiger partial charge in [0, 0.05) is 37.0 Å². The van der Waals surface area contributed by atoms with Crippen molar-refractivity contribution in [2.45, 2.75) is 44.6 Å². The molecule has 0 unspecified atom stereocenters. The number of imidazole rings is 1. The third-order valence-corrected chi connectivity index (χ3v) is 5.06. The molecule has 1 aliphatic rings. The summed E-state index contributed by atoms with van der Waals surface area (Å²) in [5.74, 6) is 2.95. The quantitative estimate of drug-likeness (QED) is 0.732. The zero-order valence-electron chi connectivity index (χ0n) is 14.4. The van der Waals surface area contributed by atoms with E-state index in [1.807, 2.05) is 30.5 Å². The van der Waals surface area contributed by atoms with E-state index >= 15 is 0 Å². The fraction of sp³-hybridized carbons (Fsp3) is 0.421. The molecule has 0 aliphatic heterocycles. The van der Waals surface area contributed by atoms with Crippen LogP contribution in [0.1, 0.15) is 56.0 Å². The van der Waals surface area contributed by atoms with Gasteiger partial charge in [-0.1, -0.05) is 38.1 Å². The Morgan fingerprint density at radius 3 is 2.50 bits per heavy atom. The van der Waals surface area contributed by atoms with Gasteiger partial charge in [-0.3, -0.25) is 4.68 Å². The van der Waals surface area contributed by atoms with Crippen molar-refractivity contribution in [2.24, 2.45) is 7.05 Å².